The number of aliphatic hydroxyl groups is 1. The van der Waals surface area contributed by atoms with Crippen molar-refractivity contribution in [2.24, 2.45) is 0 Å². The maximum absolute atomic E-state index is 10.6. The second-order valence-electron chi connectivity index (χ2n) is 5.16. The standard InChI is InChI=1S/C17H18O3/c1-11-7-8-15(19-2)13(9-11)17(18)16-10-12-5-3-4-6-14(12)20-16/h3-9,16-18H,10H2,1-2H3. The summed E-state index contributed by atoms with van der Waals surface area (Å²) in [6.07, 6.45) is -0.241. The molecule has 3 rings (SSSR count). The average molecular weight is 270 g/mol. The van der Waals surface area contributed by atoms with Crippen LogP contribution in [0.3, 0.4) is 0 Å². The average Bonchev–Trinajstić information content (AvgIpc) is 2.90. The van der Waals surface area contributed by atoms with Crippen molar-refractivity contribution in [3.05, 3.63) is 59.2 Å². The van der Waals surface area contributed by atoms with E-state index in [2.05, 4.69) is 0 Å². The van der Waals surface area contributed by atoms with Crippen LogP contribution in [0.2, 0.25) is 0 Å². The summed E-state index contributed by atoms with van der Waals surface area (Å²) in [4.78, 5) is 0. The second kappa shape index (κ2) is 5.17. The molecule has 0 aromatic heterocycles. The van der Waals surface area contributed by atoms with Crippen LogP contribution in [0.15, 0.2) is 42.5 Å². The predicted molar refractivity (Wildman–Crippen MR) is 77.3 cm³/mol. The molecule has 0 bridgehead atoms. The van der Waals surface area contributed by atoms with Gasteiger partial charge in [-0.25, -0.2) is 0 Å². The predicted octanol–water partition coefficient (Wildman–Crippen LogP) is 3.04. The molecule has 1 aliphatic heterocycles. The van der Waals surface area contributed by atoms with Gasteiger partial charge in [0.05, 0.1) is 7.11 Å². The van der Waals surface area contributed by atoms with Gasteiger partial charge in [-0.05, 0) is 30.7 Å². The highest BCUT2D eigenvalue weighted by molar-refractivity contribution is 5.42. The Bertz CT molecular complexity index is 596. The quantitative estimate of drug-likeness (QED) is 0.931. The Morgan fingerprint density at radius 2 is 2.05 bits per heavy atom. The number of rotatable bonds is 3. The number of hydrogen-bond donors (Lipinski definition) is 1. The van der Waals surface area contributed by atoms with Crippen LogP contribution in [0, 0.1) is 6.92 Å². The van der Waals surface area contributed by atoms with E-state index in [4.69, 9.17) is 9.47 Å². The van der Waals surface area contributed by atoms with E-state index in [1.54, 1.807) is 7.11 Å². The molecule has 2 aromatic carbocycles. The Kier molecular flexibility index (Phi) is 3.36. The maximum Gasteiger partial charge on any atom is 0.133 e. The third-order valence-electron chi connectivity index (χ3n) is 3.73. The van der Waals surface area contributed by atoms with E-state index >= 15 is 0 Å². The van der Waals surface area contributed by atoms with Gasteiger partial charge in [-0.3, -0.25) is 0 Å². The first-order chi connectivity index (χ1) is 9.69. The summed E-state index contributed by atoms with van der Waals surface area (Å²) in [6, 6.07) is 13.7. The minimum Gasteiger partial charge on any atom is -0.496 e. The van der Waals surface area contributed by atoms with Crippen molar-refractivity contribution in [1.29, 1.82) is 0 Å². The largest absolute Gasteiger partial charge is 0.496 e. The van der Waals surface area contributed by atoms with Crippen LogP contribution in [0.1, 0.15) is 22.8 Å². The fourth-order valence-electron chi connectivity index (χ4n) is 2.67. The SMILES string of the molecule is COc1ccc(C)cc1C(O)C1Cc2ccccc2O1. The van der Waals surface area contributed by atoms with Gasteiger partial charge in [0.25, 0.3) is 0 Å². The molecule has 0 fully saturated rings. The molecule has 3 nitrogen and oxygen atoms in total. The third kappa shape index (κ3) is 2.25. The number of methoxy groups -OCH3 is 1. The Morgan fingerprint density at radius 3 is 2.80 bits per heavy atom. The summed E-state index contributed by atoms with van der Waals surface area (Å²) in [6.45, 7) is 2.00. The lowest BCUT2D eigenvalue weighted by Gasteiger charge is -2.21. The van der Waals surface area contributed by atoms with Crippen molar-refractivity contribution in [3.8, 4) is 11.5 Å². The van der Waals surface area contributed by atoms with Crippen LogP contribution in [0.25, 0.3) is 0 Å². The number of aryl methyl sites for hydroxylation is 1. The highest BCUT2D eigenvalue weighted by atomic mass is 16.5. The topological polar surface area (TPSA) is 38.7 Å². The zero-order valence-electron chi connectivity index (χ0n) is 11.7. The van der Waals surface area contributed by atoms with Crippen molar-refractivity contribution in [2.75, 3.05) is 7.11 Å². The summed E-state index contributed by atoms with van der Waals surface area (Å²) < 4.78 is 11.2. The van der Waals surface area contributed by atoms with E-state index in [9.17, 15) is 5.11 Å². The highest BCUT2D eigenvalue weighted by Gasteiger charge is 2.31. The zero-order chi connectivity index (χ0) is 14.1. The van der Waals surface area contributed by atoms with E-state index in [0.717, 1.165) is 22.4 Å². The minimum absolute atomic E-state index is 0.261. The van der Waals surface area contributed by atoms with Crippen molar-refractivity contribution >= 4 is 0 Å². The Morgan fingerprint density at radius 1 is 1.25 bits per heavy atom. The molecule has 2 unspecified atom stereocenters. The Labute approximate surface area is 118 Å². The van der Waals surface area contributed by atoms with Gasteiger partial charge in [-0.1, -0.05) is 29.8 Å². The molecule has 104 valence electrons. The number of para-hydroxylation sites is 1. The van der Waals surface area contributed by atoms with Crippen LogP contribution in [0.4, 0.5) is 0 Å². The van der Waals surface area contributed by atoms with Gasteiger partial charge in [0.2, 0.25) is 0 Å². The molecule has 0 saturated carbocycles. The molecular weight excluding hydrogens is 252 g/mol. The normalized spacial score (nSPS) is 18.2. The highest BCUT2D eigenvalue weighted by Crippen LogP contribution is 2.36. The first kappa shape index (κ1) is 13.0. The lowest BCUT2D eigenvalue weighted by molar-refractivity contribution is 0.0474. The van der Waals surface area contributed by atoms with Crippen molar-refractivity contribution < 1.29 is 14.6 Å². The van der Waals surface area contributed by atoms with Crippen LogP contribution in [0.5, 0.6) is 11.5 Å². The maximum atomic E-state index is 10.6. The number of fused-ring (bicyclic) bond motifs is 1. The Hall–Kier alpha value is -2.00. The van der Waals surface area contributed by atoms with E-state index in [1.165, 1.54) is 0 Å². The van der Waals surface area contributed by atoms with Crippen molar-refractivity contribution in [2.45, 2.75) is 25.6 Å². The summed E-state index contributed by atoms with van der Waals surface area (Å²) in [7, 11) is 1.62. The van der Waals surface area contributed by atoms with Crippen molar-refractivity contribution in [1.82, 2.24) is 0 Å². The number of benzene rings is 2. The molecule has 2 aromatic rings. The molecule has 1 heterocycles. The van der Waals surface area contributed by atoms with Gasteiger partial charge in [-0.2, -0.15) is 0 Å². The smallest absolute Gasteiger partial charge is 0.133 e. The number of ether oxygens (including phenoxy) is 2. The first-order valence-corrected chi connectivity index (χ1v) is 6.76. The molecule has 1 aliphatic rings. The van der Waals surface area contributed by atoms with Gasteiger partial charge < -0.3 is 14.6 Å². The summed E-state index contributed by atoms with van der Waals surface area (Å²) in [5.74, 6) is 1.56. The van der Waals surface area contributed by atoms with Gasteiger partial charge in [-0.15, -0.1) is 0 Å². The van der Waals surface area contributed by atoms with Crippen LogP contribution >= 0.6 is 0 Å². The number of hydrogen-bond acceptors (Lipinski definition) is 3. The molecule has 20 heavy (non-hydrogen) atoms. The second-order valence-corrected chi connectivity index (χ2v) is 5.16. The molecule has 2 atom stereocenters. The monoisotopic (exact) mass is 270 g/mol. The van der Waals surface area contributed by atoms with Crippen molar-refractivity contribution in [3.63, 3.8) is 0 Å². The van der Waals surface area contributed by atoms with Crippen LogP contribution in [-0.4, -0.2) is 18.3 Å². The van der Waals surface area contributed by atoms with Crippen LogP contribution < -0.4 is 9.47 Å². The van der Waals surface area contributed by atoms with Gasteiger partial charge in [0, 0.05) is 12.0 Å². The molecule has 0 amide bonds. The van der Waals surface area contributed by atoms with Gasteiger partial charge in [0.1, 0.15) is 23.7 Å². The molecule has 0 radical (unpaired) electrons. The van der Waals surface area contributed by atoms with Gasteiger partial charge >= 0.3 is 0 Å². The van der Waals surface area contributed by atoms with Gasteiger partial charge in [0.15, 0.2) is 0 Å². The molecule has 3 heteroatoms. The fourth-order valence-corrected chi connectivity index (χ4v) is 2.67. The molecule has 0 aliphatic carbocycles. The lowest BCUT2D eigenvalue weighted by Crippen LogP contribution is -2.23. The molecule has 0 spiro atoms. The molecule has 0 saturated heterocycles. The third-order valence-corrected chi connectivity index (χ3v) is 3.73. The fraction of sp³-hybridized carbons (Fsp3) is 0.294. The summed E-state index contributed by atoms with van der Waals surface area (Å²) in [5.41, 5.74) is 3.02. The molecule has 1 N–H and O–H groups in total. The van der Waals surface area contributed by atoms with E-state index in [0.29, 0.717) is 12.2 Å². The minimum atomic E-state index is -0.697. The Balaban J connectivity index is 1.88. The van der Waals surface area contributed by atoms with E-state index < -0.39 is 6.10 Å². The van der Waals surface area contributed by atoms with Crippen LogP contribution in [-0.2, 0) is 6.42 Å². The lowest BCUT2D eigenvalue weighted by atomic mass is 9.98. The summed E-state index contributed by atoms with van der Waals surface area (Å²) >= 11 is 0. The first-order valence-electron chi connectivity index (χ1n) is 6.76. The zero-order valence-corrected chi connectivity index (χ0v) is 11.7. The van der Waals surface area contributed by atoms with E-state index in [-0.39, 0.29) is 6.10 Å². The number of aliphatic hydroxyl groups excluding tert-OH is 1. The summed E-state index contributed by atoms with van der Waals surface area (Å²) in [5, 5.41) is 10.6. The van der Waals surface area contributed by atoms with E-state index in [1.807, 2.05) is 49.4 Å². The molecular formula is C17H18O3.